The maximum absolute atomic E-state index is 6.57. The second-order valence-electron chi connectivity index (χ2n) is 5.63. The van der Waals surface area contributed by atoms with Crippen LogP contribution in [0.1, 0.15) is 24.0 Å². The van der Waals surface area contributed by atoms with Crippen molar-refractivity contribution in [1.29, 1.82) is 0 Å². The molecule has 3 rings (SSSR count). The number of nitrogens with zero attached hydrogens (tertiary/aromatic N) is 2. The van der Waals surface area contributed by atoms with E-state index >= 15 is 0 Å². The van der Waals surface area contributed by atoms with Crippen molar-refractivity contribution in [2.24, 2.45) is 0 Å². The van der Waals surface area contributed by atoms with Crippen LogP contribution in [-0.2, 0) is 13.0 Å². The molecule has 1 radical (unpaired) electrons. The Morgan fingerprint density at radius 2 is 1.64 bits per heavy atom. The Labute approximate surface area is 141 Å². The largest absolute Gasteiger partial charge is 0.491 e. The monoisotopic (exact) mass is 343 g/mol. The molecule has 0 spiro atoms. The SMILES string of the molecule is COc1c(Cl)c2c(c(Cl)c1OC)CN(N1C[CH]CCC1)CC2. The van der Waals surface area contributed by atoms with Crippen molar-refractivity contribution in [1.82, 2.24) is 10.0 Å². The van der Waals surface area contributed by atoms with Gasteiger partial charge in [0.25, 0.3) is 0 Å². The molecule has 2 aliphatic rings. The van der Waals surface area contributed by atoms with Crippen LogP contribution in [0.4, 0.5) is 0 Å². The molecule has 6 heteroatoms. The van der Waals surface area contributed by atoms with Crippen LogP contribution >= 0.6 is 23.2 Å². The minimum atomic E-state index is 0.528. The first-order valence-corrected chi connectivity index (χ1v) is 8.35. The Bertz CT molecular complexity index is 560. The molecule has 2 heterocycles. The van der Waals surface area contributed by atoms with Gasteiger partial charge in [0.05, 0.1) is 24.3 Å². The van der Waals surface area contributed by atoms with Crippen molar-refractivity contribution in [3.8, 4) is 11.5 Å². The summed E-state index contributed by atoms with van der Waals surface area (Å²) in [5.41, 5.74) is 2.14. The highest BCUT2D eigenvalue weighted by Gasteiger charge is 2.30. The quantitative estimate of drug-likeness (QED) is 0.837. The lowest BCUT2D eigenvalue weighted by molar-refractivity contribution is -0.0396. The summed E-state index contributed by atoms with van der Waals surface area (Å²) < 4.78 is 10.8. The van der Waals surface area contributed by atoms with E-state index in [9.17, 15) is 0 Å². The fourth-order valence-electron chi connectivity index (χ4n) is 3.28. The molecule has 1 aromatic carbocycles. The molecule has 0 unspecified atom stereocenters. The highest BCUT2D eigenvalue weighted by atomic mass is 35.5. The van der Waals surface area contributed by atoms with Crippen molar-refractivity contribution in [2.75, 3.05) is 33.9 Å². The lowest BCUT2D eigenvalue weighted by Crippen LogP contribution is -2.47. The molecule has 0 amide bonds. The number of fused-ring (bicyclic) bond motifs is 1. The Morgan fingerprint density at radius 1 is 0.955 bits per heavy atom. The molecule has 1 aromatic rings. The molecule has 0 N–H and O–H groups in total. The predicted molar refractivity (Wildman–Crippen MR) is 88.8 cm³/mol. The van der Waals surface area contributed by atoms with Crippen LogP contribution in [0.15, 0.2) is 0 Å². The van der Waals surface area contributed by atoms with Crippen LogP contribution in [-0.4, -0.2) is 43.9 Å². The third kappa shape index (κ3) is 2.78. The van der Waals surface area contributed by atoms with Crippen molar-refractivity contribution in [2.45, 2.75) is 25.8 Å². The molecule has 4 nitrogen and oxygen atoms in total. The Balaban J connectivity index is 1.94. The van der Waals surface area contributed by atoms with Gasteiger partial charge in [0.2, 0.25) is 0 Å². The van der Waals surface area contributed by atoms with Crippen molar-refractivity contribution < 1.29 is 9.47 Å². The standard InChI is InChI=1S/C16H21Cl2N2O2/c1-21-15-13(17)11-6-9-20(19-7-4-3-5-8-19)10-12(11)14(18)16(15)22-2/h4H,3,5-10H2,1-2H3. The number of piperidine rings is 1. The summed E-state index contributed by atoms with van der Waals surface area (Å²) in [5, 5.41) is 6.01. The van der Waals surface area contributed by atoms with E-state index in [1.165, 1.54) is 12.8 Å². The summed E-state index contributed by atoms with van der Waals surface area (Å²) in [4.78, 5) is 0. The van der Waals surface area contributed by atoms with Crippen LogP contribution in [0.3, 0.4) is 0 Å². The van der Waals surface area contributed by atoms with Gasteiger partial charge in [-0.25, -0.2) is 10.0 Å². The lowest BCUT2D eigenvalue weighted by Gasteiger charge is -2.40. The van der Waals surface area contributed by atoms with E-state index in [2.05, 4.69) is 16.4 Å². The molecule has 22 heavy (non-hydrogen) atoms. The van der Waals surface area contributed by atoms with Crippen LogP contribution in [0.25, 0.3) is 0 Å². The molecule has 0 bridgehead atoms. The Kier molecular flexibility index (Phi) is 5.03. The Morgan fingerprint density at radius 3 is 2.23 bits per heavy atom. The van der Waals surface area contributed by atoms with E-state index in [1.807, 2.05) is 0 Å². The molecule has 0 aromatic heterocycles. The van der Waals surface area contributed by atoms with Gasteiger partial charge in [-0.1, -0.05) is 23.2 Å². The molecule has 121 valence electrons. The highest BCUT2D eigenvalue weighted by Crippen LogP contribution is 2.47. The molecular formula is C16H21Cl2N2O2. The van der Waals surface area contributed by atoms with Crippen LogP contribution in [0, 0.1) is 6.42 Å². The summed E-state index contributed by atoms with van der Waals surface area (Å²) in [5.74, 6) is 1.06. The van der Waals surface area contributed by atoms with E-state index in [1.54, 1.807) is 14.2 Å². The van der Waals surface area contributed by atoms with Crippen LogP contribution in [0.5, 0.6) is 11.5 Å². The van der Waals surface area contributed by atoms with Gasteiger partial charge >= 0.3 is 0 Å². The maximum atomic E-state index is 6.57. The average molecular weight is 344 g/mol. The molecule has 0 atom stereocenters. The maximum Gasteiger partial charge on any atom is 0.181 e. The third-order valence-corrected chi connectivity index (χ3v) is 5.23. The van der Waals surface area contributed by atoms with Gasteiger partial charge in [-0.15, -0.1) is 0 Å². The number of hydrogen-bond acceptors (Lipinski definition) is 4. The molecule has 2 aliphatic heterocycles. The first-order valence-electron chi connectivity index (χ1n) is 7.59. The second-order valence-corrected chi connectivity index (χ2v) is 6.39. The number of methoxy groups -OCH3 is 2. The summed E-state index contributed by atoms with van der Waals surface area (Å²) in [6.07, 6.45) is 5.62. The fourth-order valence-corrected chi connectivity index (χ4v) is 3.99. The number of hydrazine groups is 1. The van der Waals surface area contributed by atoms with Gasteiger partial charge in [0.1, 0.15) is 0 Å². The summed E-state index contributed by atoms with van der Waals surface area (Å²) in [6.45, 7) is 3.83. The third-order valence-electron chi connectivity index (χ3n) is 4.43. The van der Waals surface area contributed by atoms with Crippen molar-refractivity contribution >= 4 is 23.2 Å². The normalized spacial score (nSPS) is 19.8. The van der Waals surface area contributed by atoms with E-state index in [0.717, 1.165) is 43.7 Å². The topological polar surface area (TPSA) is 24.9 Å². The van der Waals surface area contributed by atoms with E-state index in [4.69, 9.17) is 32.7 Å². The molecule has 1 saturated heterocycles. The number of hydrogen-bond donors (Lipinski definition) is 0. The molecule has 0 aliphatic carbocycles. The zero-order valence-electron chi connectivity index (χ0n) is 13.0. The molecule has 1 fully saturated rings. The zero-order chi connectivity index (χ0) is 15.7. The highest BCUT2D eigenvalue weighted by molar-refractivity contribution is 6.37. The van der Waals surface area contributed by atoms with Crippen molar-refractivity contribution in [3.05, 3.63) is 27.6 Å². The number of halogens is 2. The number of benzene rings is 1. The van der Waals surface area contributed by atoms with Crippen molar-refractivity contribution in [3.63, 3.8) is 0 Å². The van der Waals surface area contributed by atoms with Crippen LogP contribution < -0.4 is 9.47 Å². The minimum absolute atomic E-state index is 0.528. The summed E-state index contributed by atoms with van der Waals surface area (Å²) in [7, 11) is 3.18. The first-order chi connectivity index (χ1) is 10.7. The summed E-state index contributed by atoms with van der Waals surface area (Å²) >= 11 is 13.1. The van der Waals surface area contributed by atoms with E-state index < -0.39 is 0 Å². The van der Waals surface area contributed by atoms with Gasteiger partial charge in [-0.05, 0) is 36.8 Å². The second kappa shape index (κ2) is 6.83. The smallest absolute Gasteiger partial charge is 0.181 e. The lowest BCUT2D eigenvalue weighted by atomic mass is 9.99. The minimum Gasteiger partial charge on any atom is -0.491 e. The van der Waals surface area contributed by atoms with Gasteiger partial charge in [0.15, 0.2) is 11.5 Å². The van der Waals surface area contributed by atoms with E-state index in [-0.39, 0.29) is 0 Å². The first kappa shape index (κ1) is 16.2. The fraction of sp³-hybridized carbons (Fsp3) is 0.562. The average Bonchev–Trinajstić information content (AvgIpc) is 2.58. The number of rotatable bonds is 3. The summed E-state index contributed by atoms with van der Waals surface area (Å²) in [6, 6.07) is 0. The molecule has 0 saturated carbocycles. The van der Waals surface area contributed by atoms with Gasteiger partial charge in [-0.3, -0.25) is 0 Å². The van der Waals surface area contributed by atoms with Gasteiger partial charge in [-0.2, -0.15) is 0 Å². The van der Waals surface area contributed by atoms with Crippen LogP contribution in [0.2, 0.25) is 10.0 Å². The number of ether oxygens (including phenoxy) is 2. The Hall–Kier alpha value is -0.680. The molecular weight excluding hydrogens is 323 g/mol. The van der Waals surface area contributed by atoms with Gasteiger partial charge < -0.3 is 9.47 Å². The van der Waals surface area contributed by atoms with E-state index in [0.29, 0.717) is 21.5 Å². The predicted octanol–water partition coefficient (Wildman–Crippen LogP) is 3.58. The van der Waals surface area contributed by atoms with Gasteiger partial charge in [0, 0.05) is 26.2 Å². The zero-order valence-corrected chi connectivity index (χ0v) is 14.5.